The molecule has 1 nitrogen and oxygen atoms in total. The normalized spacial score (nSPS) is 12.0. The molecule has 86 valence electrons. The van der Waals surface area contributed by atoms with Crippen molar-refractivity contribution in [2.45, 2.75) is 33.1 Å². The van der Waals surface area contributed by atoms with Crippen LogP contribution in [0.2, 0.25) is 0 Å². The second-order valence-electron chi connectivity index (χ2n) is 5.14. The number of nitrogens with two attached hydrogens (primary N) is 1. The maximum Gasteiger partial charge on any atom is 0.0355 e. The number of rotatable bonds is 2. The highest BCUT2D eigenvalue weighted by molar-refractivity contribution is 5.63. The number of anilines is 1. The standard InChI is InChI=1S/C15H21N/c1-6-7-8-12-10-13(15(3,4)5)14(16)9-11(12)2/h6-10H,1,16H2,2-5H3/b8-7-. The first-order chi connectivity index (χ1) is 7.36. The molecular formula is C15H21N. The predicted molar refractivity (Wildman–Crippen MR) is 73.5 cm³/mol. The first-order valence-corrected chi connectivity index (χ1v) is 5.56. The highest BCUT2D eigenvalue weighted by Gasteiger charge is 2.17. The third-order valence-corrected chi connectivity index (χ3v) is 2.66. The third kappa shape index (κ3) is 2.75. The summed E-state index contributed by atoms with van der Waals surface area (Å²) in [6.45, 7) is 12.3. The lowest BCUT2D eigenvalue weighted by Gasteiger charge is -2.22. The molecule has 0 fully saturated rings. The van der Waals surface area contributed by atoms with Crippen molar-refractivity contribution in [2.24, 2.45) is 0 Å². The van der Waals surface area contributed by atoms with Crippen LogP contribution in [0.5, 0.6) is 0 Å². The van der Waals surface area contributed by atoms with Crippen molar-refractivity contribution in [3.05, 3.63) is 47.6 Å². The number of benzene rings is 1. The van der Waals surface area contributed by atoms with Crippen LogP contribution in [0.3, 0.4) is 0 Å². The third-order valence-electron chi connectivity index (χ3n) is 2.66. The van der Waals surface area contributed by atoms with Gasteiger partial charge in [-0.1, -0.05) is 45.6 Å². The Hall–Kier alpha value is -1.50. The molecule has 0 radical (unpaired) electrons. The fraction of sp³-hybridized carbons (Fsp3) is 0.333. The second-order valence-corrected chi connectivity index (χ2v) is 5.14. The molecule has 1 rings (SSSR count). The number of allylic oxidation sites excluding steroid dienone is 2. The minimum Gasteiger partial charge on any atom is -0.398 e. The Kier molecular flexibility index (Phi) is 3.58. The monoisotopic (exact) mass is 215 g/mol. The van der Waals surface area contributed by atoms with Crippen molar-refractivity contribution in [1.29, 1.82) is 0 Å². The van der Waals surface area contributed by atoms with Crippen molar-refractivity contribution in [3.63, 3.8) is 0 Å². The highest BCUT2D eigenvalue weighted by atomic mass is 14.6. The quantitative estimate of drug-likeness (QED) is 0.584. The summed E-state index contributed by atoms with van der Waals surface area (Å²) < 4.78 is 0. The van der Waals surface area contributed by atoms with E-state index in [4.69, 9.17) is 5.73 Å². The van der Waals surface area contributed by atoms with E-state index in [1.165, 1.54) is 16.7 Å². The van der Waals surface area contributed by atoms with E-state index in [-0.39, 0.29) is 5.41 Å². The summed E-state index contributed by atoms with van der Waals surface area (Å²) in [5.74, 6) is 0. The summed E-state index contributed by atoms with van der Waals surface area (Å²) >= 11 is 0. The summed E-state index contributed by atoms with van der Waals surface area (Å²) in [5, 5.41) is 0. The smallest absolute Gasteiger partial charge is 0.0355 e. The van der Waals surface area contributed by atoms with Crippen LogP contribution in [0.4, 0.5) is 5.69 Å². The van der Waals surface area contributed by atoms with Gasteiger partial charge in [0.1, 0.15) is 0 Å². The van der Waals surface area contributed by atoms with Crippen LogP contribution in [0.15, 0.2) is 30.9 Å². The second kappa shape index (κ2) is 4.56. The number of hydrogen-bond acceptors (Lipinski definition) is 1. The fourth-order valence-corrected chi connectivity index (χ4v) is 1.75. The van der Waals surface area contributed by atoms with Crippen molar-refractivity contribution in [1.82, 2.24) is 0 Å². The van der Waals surface area contributed by atoms with Crippen molar-refractivity contribution in [3.8, 4) is 0 Å². The molecule has 2 N–H and O–H groups in total. The van der Waals surface area contributed by atoms with E-state index in [0.717, 1.165) is 5.69 Å². The molecule has 1 aromatic rings. The lowest BCUT2D eigenvalue weighted by Crippen LogP contribution is -2.14. The van der Waals surface area contributed by atoms with E-state index in [1.54, 1.807) is 6.08 Å². The van der Waals surface area contributed by atoms with Gasteiger partial charge in [0.2, 0.25) is 0 Å². The zero-order valence-corrected chi connectivity index (χ0v) is 10.7. The van der Waals surface area contributed by atoms with Gasteiger partial charge in [-0.15, -0.1) is 0 Å². The molecule has 0 unspecified atom stereocenters. The molecule has 16 heavy (non-hydrogen) atoms. The van der Waals surface area contributed by atoms with Gasteiger partial charge in [0.05, 0.1) is 0 Å². The molecule has 0 aliphatic rings. The predicted octanol–water partition coefficient (Wildman–Crippen LogP) is 4.07. The maximum atomic E-state index is 6.06. The Bertz CT molecular complexity index is 420. The fourth-order valence-electron chi connectivity index (χ4n) is 1.75. The number of nitrogen functional groups attached to an aromatic ring is 1. The van der Waals surface area contributed by atoms with Crippen LogP contribution in [-0.2, 0) is 5.41 Å². The van der Waals surface area contributed by atoms with Crippen LogP contribution in [-0.4, -0.2) is 0 Å². The van der Waals surface area contributed by atoms with E-state index in [2.05, 4.69) is 46.4 Å². The van der Waals surface area contributed by atoms with Gasteiger partial charge in [-0.05, 0) is 41.2 Å². The number of aryl methyl sites for hydroxylation is 1. The molecule has 1 aromatic carbocycles. The van der Waals surface area contributed by atoms with Gasteiger partial charge in [0.15, 0.2) is 0 Å². The summed E-state index contributed by atoms with van der Waals surface area (Å²) in [6, 6.07) is 4.22. The molecule has 0 saturated heterocycles. The molecule has 0 saturated carbocycles. The average molecular weight is 215 g/mol. The van der Waals surface area contributed by atoms with Gasteiger partial charge in [-0.25, -0.2) is 0 Å². The topological polar surface area (TPSA) is 26.0 Å². The van der Waals surface area contributed by atoms with Crippen LogP contribution >= 0.6 is 0 Å². The highest BCUT2D eigenvalue weighted by Crippen LogP contribution is 2.30. The molecule has 0 aliphatic carbocycles. The van der Waals surface area contributed by atoms with Gasteiger partial charge < -0.3 is 5.73 Å². The molecule has 0 aliphatic heterocycles. The van der Waals surface area contributed by atoms with Gasteiger partial charge in [0.25, 0.3) is 0 Å². The van der Waals surface area contributed by atoms with Crippen LogP contribution in [0.25, 0.3) is 6.08 Å². The molecule has 0 atom stereocenters. The Labute approximate surface area is 98.7 Å². The van der Waals surface area contributed by atoms with Gasteiger partial charge >= 0.3 is 0 Å². The Morgan fingerprint density at radius 2 is 1.88 bits per heavy atom. The van der Waals surface area contributed by atoms with E-state index >= 15 is 0 Å². The van der Waals surface area contributed by atoms with Crippen LogP contribution in [0, 0.1) is 6.92 Å². The zero-order valence-electron chi connectivity index (χ0n) is 10.7. The first-order valence-electron chi connectivity index (χ1n) is 5.56. The van der Waals surface area contributed by atoms with E-state index in [0.29, 0.717) is 0 Å². The number of hydrogen-bond donors (Lipinski definition) is 1. The molecule has 0 spiro atoms. The SMILES string of the molecule is C=C/C=C\c1cc(C(C)(C)C)c(N)cc1C. The average Bonchev–Trinajstić information content (AvgIpc) is 2.14. The van der Waals surface area contributed by atoms with Crippen LogP contribution in [0.1, 0.15) is 37.5 Å². The molecule has 0 amide bonds. The van der Waals surface area contributed by atoms with E-state index in [1.807, 2.05) is 12.1 Å². The molecular weight excluding hydrogens is 194 g/mol. The molecule has 1 heteroatoms. The largest absolute Gasteiger partial charge is 0.398 e. The van der Waals surface area contributed by atoms with Crippen molar-refractivity contribution >= 4 is 11.8 Å². The van der Waals surface area contributed by atoms with E-state index in [9.17, 15) is 0 Å². The Balaban J connectivity index is 3.32. The molecule has 0 heterocycles. The summed E-state index contributed by atoms with van der Waals surface area (Å²) in [6.07, 6.45) is 5.80. The first kappa shape index (κ1) is 12.6. The zero-order chi connectivity index (χ0) is 12.3. The van der Waals surface area contributed by atoms with Gasteiger partial charge in [-0.3, -0.25) is 0 Å². The minimum atomic E-state index is 0.0779. The molecule has 0 bridgehead atoms. The summed E-state index contributed by atoms with van der Waals surface area (Å²) in [7, 11) is 0. The lowest BCUT2D eigenvalue weighted by atomic mass is 9.84. The molecule has 0 aromatic heterocycles. The summed E-state index contributed by atoms with van der Waals surface area (Å²) in [4.78, 5) is 0. The Morgan fingerprint density at radius 3 is 2.38 bits per heavy atom. The lowest BCUT2D eigenvalue weighted by molar-refractivity contribution is 0.592. The summed E-state index contributed by atoms with van der Waals surface area (Å²) in [5.41, 5.74) is 10.6. The Morgan fingerprint density at radius 1 is 1.25 bits per heavy atom. The van der Waals surface area contributed by atoms with Gasteiger partial charge in [-0.2, -0.15) is 0 Å². The van der Waals surface area contributed by atoms with Crippen LogP contribution < -0.4 is 5.73 Å². The van der Waals surface area contributed by atoms with Crippen molar-refractivity contribution < 1.29 is 0 Å². The van der Waals surface area contributed by atoms with Crippen molar-refractivity contribution in [2.75, 3.05) is 5.73 Å². The minimum absolute atomic E-state index is 0.0779. The van der Waals surface area contributed by atoms with E-state index < -0.39 is 0 Å². The van der Waals surface area contributed by atoms with Gasteiger partial charge in [0, 0.05) is 5.69 Å². The maximum absolute atomic E-state index is 6.06.